The molecule has 0 aliphatic heterocycles. The Kier molecular flexibility index (Phi) is 10.4. The second-order valence-corrected chi connectivity index (χ2v) is 14.0. The van der Waals surface area contributed by atoms with E-state index < -0.39 is 20.3 Å². The molecule has 2 amide bonds. The summed E-state index contributed by atoms with van der Waals surface area (Å²) in [7, 11) is -0.662. The minimum absolute atomic E-state index is 0.00999. The molecule has 1 aromatic carbocycles. The fraction of sp³-hybridized carbons (Fsp3) is 0.609. The molecule has 8 heteroatoms. The summed E-state index contributed by atoms with van der Waals surface area (Å²) in [5.41, 5.74) is 0.993. The quantitative estimate of drug-likeness (QED) is 0.396. The van der Waals surface area contributed by atoms with E-state index in [2.05, 4.69) is 44.5 Å². The van der Waals surface area contributed by atoms with Crippen molar-refractivity contribution in [1.82, 2.24) is 10.6 Å². The molecule has 2 N–H and O–H groups in total. The predicted molar refractivity (Wildman–Crippen MR) is 124 cm³/mol. The average Bonchev–Trinajstić information content (AvgIpc) is 2.70. The number of carbonyl (C=O) groups is 3. The van der Waals surface area contributed by atoms with E-state index in [0.717, 1.165) is 5.56 Å². The van der Waals surface area contributed by atoms with Crippen molar-refractivity contribution in [2.24, 2.45) is 0 Å². The average molecular weight is 451 g/mol. The number of benzene rings is 1. The van der Waals surface area contributed by atoms with Gasteiger partial charge in [0.05, 0.1) is 13.2 Å². The van der Waals surface area contributed by atoms with Crippen LogP contribution in [-0.2, 0) is 23.5 Å². The topological polar surface area (TPSA) is 93.7 Å². The summed E-state index contributed by atoms with van der Waals surface area (Å²) in [5.74, 6) is -1.11. The molecule has 7 nitrogen and oxygen atoms in total. The van der Waals surface area contributed by atoms with E-state index in [1.165, 1.54) is 7.11 Å². The summed E-state index contributed by atoms with van der Waals surface area (Å²) in [6.07, 6.45) is 0.351. The van der Waals surface area contributed by atoms with Crippen LogP contribution in [0.1, 0.15) is 58.6 Å². The molecule has 0 radical (unpaired) electrons. The van der Waals surface area contributed by atoms with Crippen molar-refractivity contribution in [1.29, 1.82) is 0 Å². The van der Waals surface area contributed by atoms with Gasteiger partial charge in [0.1, 0.15) is 6.04 Å². The Hall–Kier alpha value is -2.19. The first kappa shape index (κ1) is 26.8. The Morgan fingerprint density at radius 2 is 1.55 bits per heavy atom. The first-order chi connectivity index (χ1) is 14.4. The summed E-state index contributed by atoms with van der Waals surface area (Å²) in [6, 6.07) is 8.66. The van der Waals surface area contributed by atoms with Gasteiger partial charge >= 0.3 is 5.97 Å². The molecule has 0 fully saturated rings. The largest absolute Gasteiger partial charge is 0.467 e. The lowest BCUT2D eigenvalue weighted by molar-refractivity contribution is -0.145. The number of nitrogens with one attached hydrogen (secondary N) is 2. The standard InChI is InChI=1S/C23H38N2O5Si/c1-17(18-11-9-8-10-12-18)24-20(26)13-14-21(27)25-19(22(28)29-5)15-16-30-31(6,7)23(2,3)4/h8-12,17,19H,13-16H2,1-7H3,(H,24,26)(H,25,27)/t17-,19+/m1/s1. The lowest BCUT2D eigenvalue weighted by Gasteiger charge is -2.36. The van der Waals surface area contributed by atoms with E-state index in [1.807, 2.05) is 37.3 Å². The van der Waals surface area contributed by atoms with Gasteiger partial charge < -0.3 is 19.8 Å². The van der Waals surface area contributed by atoms with Gasteiger partial charge in [-0.05, 0) is 30.6 Å². The van der Waals surface area contributed by atoms with Crippen molar-refractivity contribution < 1.29 is 23.5 Å². The molecular weight excluding hydrogens is 412 g/mol. The summed E-state index contributed by atoms with van der Waals surface area (Å²) in [6.45, 7) is 12.9. The smallest absolute Gasteiger partial charge is 0.328 e. The first-order valence-electron chi connectivity index (χ1n) is 10.7. The number of amides is 2. The molecule has 31 heavy (non-hydrogen) atoms. The molecule has 0 aliphatic carbocycles. The molecule has 0 saturated heterocycles. The molecule has 1 aromatic rings. The number of hydrogen-bond donors (Lipinski definition) is 2. The van der Waals surface area contributed by atoms with Crippen LogP contribution in [0.2, 0.25) is 18.1 Å². The van der Waals surface area contributed by atoms with Gasteiger partial charge in [0.25, 0.3) is 0 Å². The Labute approximate surface area is 187 Å². The highest BCUT2D eigenvalue weighted by Gasteiger charge is 2.37. The monoisotopic (exact) mass is 450 g/mol. The highest BCUT2D eigenvalue weighted by atomic mass is 28.4. The molecule has 1 rings (SSSR count). The van der Waals surface area contributed by atoms with Gasteiger partial charge in [-0.15, -0.1) is 0 Å². The van der Waals surface area contributed by atoms with Crippen LogP contribution >= 0.6 is 0 Å². The molecule has 0 heterocycles. The lowest BCUT2D eigenvalue weighted by atomic mass is 10.1. The molecule has 2 atom stereocenters. The Bertz CT molecular complexity index is 731. The van der Waals surface area contributed by atoms with Crippen LogP contribution in [0, 0.1) is 0 Å². The second kappa shape index (κ2) is 12.0. The van der Waals surface area contributed by atoms with Crippen LogP contribution in [0.25, 0.3) is 0 Å². The van der Waals surface area contributed by atoms with Crippen LogP contribution in [0.4, 0.5) is 0 Å². The van der Waals surface area contributed by atoms with Crippen molar-refractivity contribution in [2.75, 3.05) is 13.7 Å². The van der Waals surface area contributed by atoms with Gasteiger partial charge in [0.15, 0.2) is 8.32 Å². The number of rotatable bonds is 11. The van der Waals surface area contributed by atoms with Crippen molar-refractivity contribution in [3.8, 4) is 0 Å². The van der Waals surface area contributed by atoms with E-state index in [9.17, 15) is 14.4 Å². The summed E-state index contributed by atoms with van der Waals surface area (Å²) >= 11 is 0. The summed E-state index contributed by atoms with van der Waals surface area (Å²) < 4.78 is 10.9. The van der Waals surface area contributed by atoms with Gasteiger partial charge in [0, 0.05) is 25.9 Å². The first-order valence-corrected chi connectivity index (χ1v) is 13.6. The van der Waals surface area contributed by atoms with Crippen molar-refractivity contribution in [2.45, 2.75) is 77.2 Å². The Morgan fingerprint density at radius 3 is 2.06 bits per heavy atom. The number of esters is 1. The zero-order chi connectivity index (χ0) is 23.7. The van der Waals surface area contributed by atoms with Crippen molar-refractivity contribution in [3.05, 3.63) is 35.9 Å². The van der Waals surface area contributed by atoms with E-state index in [4.69, 9.17) is 9.16 Å². The normalized spacial score (nSPS) is 13.8. The number of hydrogen-bond acceptors (Lipinski definition) is 5. The van der Waals surface area contributed by atoms with Crippen LogP contribution in [-0.4, -0.2) is 45.9 Å². The molecule has 0 unspecified atom stereocenters. The maximum absolute atomic E-state index is 12.3. The highest BCUT2D eigenvalue weighted by molar-refractivity contribution is 6.74. The van der Waals surface area contributed by atoms with Gasteiger partial charge in [-0.3, -0.25) is 9.59 Å². The van der Waals surface area contributed by atoms with Gasteiger partial charge in [-0.2, -0.15) is 0 Å². The van der Waals surface area contributed by atoms with E-state index >= 15 is 0 Å². The predicted octanol–water partition coefficient (Wildman–Crippen LogP) is 3.71. The van der Waals surface area contributed by atoms with E-state index in [1.54, 1.807) is 0 Å². The minimum Gasteiger partial charge on any atom is -0.467 e. The summed E-state index contributed by atoms with van der Waals surface area (Å²) in [4.78, 5) is 36.6. The SMILES string of the molecule is COC(=O)[C@H](CCO[Si](C)(C)C(C)(C)C)NC(=O)CCC(=O)N[C@H](C)c1ccccc1. The molecule has 0 spiro atoms. The fourth-order valence-electron chi connectivity index (χ4n) is 2.67. The highest BCUT2D eigenvalue weighted by Crippen LogP contribution is 2.36. The van der Waals surface area contributed by atoms with Gasteiger partial charge in [0.2, 0.25) is 11.8 Å². The van der Waals surface area contributed by atoms with E-state index in [-0.39, 0.29) is 35.7 Å². The lowest BCUT2D eigenvalue weighted by Crippen LogP contribution is -2.45. The molecular formula is C23H38N2O5Si. The van der Waals surface area contributed by atoms with Gasteiger partial charge in [-0.25, -0.2) is 4.79 Å². The molecule has 0 aromatic heterocycles. The van der Waals surface area contributed by atoms with Gasteiger partial charge in [-0.1, -0.05) is 51.1 Å². The zero-order valence-corrected chi connectivity index (χ0v) is 20.9. The maximum atomic E-state index is 12.3. The number of ether oxygens (including phenoxy) is 1. The fourth-order valence-corrected chi connectivity index (χ4v) is 3.73. The molecule has 0 aliphatic rings. The number of carbonyl (C=O) groups excluding carboxylic acids is 3. The Balaban J connectivity index is 2.50. The summed E-state index contributed by atoms with van der Waals surface area (Å²) in [5, 5.41) is 5.61. The zero-order valence-electron chi connectivity index (χ0n) is 19.9. The van der Waals surface area contributed by atoms with Crippen LogP contribution < -0.4 is 10.6 Å². The maximum Gasteiger partial charge on any atom is 0.328 e. The third-order valence-electron chi connectivity index (χ3n) is 5.75. The minimum atomic E-state index is -1.95. The molecule has 0 saturated carbocycles. The van der Waals surface area contributed by atoms with E-state index in [0.29, 0.717) is 13.0 Å². The van der Waals surface area contributed by atoms with Crippen LogP contribution in [0.5, 0.6) is 0 Å². The van der Waals surface area contributed by atoms with Crippen molar-refractivity contribution in [3.63, 3.8) is 0 Å². The Morgan fingerprint density at radius 1 is 1.00 bits per heavy atom. The van der Waals surface area contributed by atoms with Crippen LogP contribution in [0.15, 0.2) is 30.3 Å². The molecule has 0 bridgehead atoms. The number of methoxy groups -OCH3 is 1. The second-order valence-electron chi connectivity index (χ2n) is 9.24. The van der Waals surface area contributed by atoms with Crippen molar-refractivity contribution >= 4 is 26.1 Å². The third-order valence-corrected chi connectivity index (χ3v) is 10.3. The third kappa shape index (κ3) is 9.22. The molecule has 174 valence electrons. The van der Waals surface area contributed by atoms with Crippen LogP contribution in [0.3, 0.4) is 0 Å².